The number of carbonyl (C=O) groups is 1. The Hall–Kier alpha value is -2.33. The topological polar surface area (TPSA) is 84.6 Å². The van der Waals surface area contributed by atoms with Crippen LogP contribution < -0.4 is 10.3 Å². The number of amides is 1. The first kappa shape index (κ1) is 15.1. The van der Waals surface area contributed by atoms with Crippen molar-refractivity contribution in [2.75, 3.05) is 32.9 Å². The molecule has 1 fully saturated rings. The predicted octanol–water partition coefficient (Wildman–Crippen LogP) is -0.000420. The molecule has 1 aliphatic rings. The number of hydrogen-bond acceptors (Lipinski definition) is 5. The van der Waals surface area contributed by atoms with E-state index in [2.05, 4.69) is 0 Å². The molecule has 112 valence electrons. The van der Waals surface area contributed by atoms with Gasteiger partial charge in [0.05, 0.1) is 32.3 Å². The second kappa shape index (κ2) is 7.45. The molecule has 2 heterocycles. The van der Waals surface area contributed by atoms with Crippen molar-refractivity contribution >= 4 is 5.91 Å². The van der Waals surface area contributed by atoms with E-state index in [4.69, 9.17) is 14.7 Å². The van der Waals surface area contributed by atoms with Gasteiger partial charge < -0.3 is 14.4 Å². The zero-order valence-electron chi connectivity index (χ0n) is 11.7. The second-order valence-corrected chi connectivity index (χ2v) is 4.56. The summed E-state index contributed by atoms with van der Waals surface area (Å²) in [6.07, 6.45) is 1.74. The summed E-state index contributed by atoms with van der Waals surface area (Å²) in [7, 11) is 0. The number of nitriles is 1. The number of nitrogens with zero attached hydrogens (tertiary/aromatic N) is 3. The molecule has 0 unspecified atom stereocenters. The van der Waals surface area contributed by atoms with Crippen molar-refractivity contribution in [2.45, 2.75) is 13.0 Å². The van der Waals surface area contributed by atoms with Gasteiger partial charge in [-0.2, -0.15) is 5.26 Å². The van der Waals surface area contributed by atoms with Gasteiger partial charge in [0.15, 0.2) is 5.75 Å². The smallest absolute Gasteiger partial charge is 0.293 e. The minimum Gasteiger partial charge on any atom is -0.487 e. The number of aromatic nitrogens is 1. The van der Waals surface area contributed by atoms with E-state index in [1.807, 2.05) is 6.07 Å². The molecule has 1 aromatic heterocycles. The Labute approximate surface area is 122 Å². The lowest BCUT2D eigenvalue weighted by molar-refractivity contribution is -0.135. The molecular weight excluding hydrogens is 274 g/mol. The molecule has 0 atom stereocenters. The van der Waals surface area contributed by atoms with Crippen LogP contribution in [0, 0.1) is 11.3 Å². The Morgan fingerprint density at radius 2 is 2.19 bits per heavy atom. The van der Waals surface area contributed by atoms with E-state index in [1.54, 1.807) is 11.0 Å². The van der Waals surface area contributed by atoms with E-state index in [0.29, 0.717) is 26.3 Å². The van der Waals surface area contributed by atoms with Crippen LogP contribution in [0.3, 0.4) is 0 Å². The lowest BCUT2D eigenvalue weighted by atomic mass is 10.3. The van der Waals surface area contributed by atoms with Crippen LogP contribution in [0.5, 0.6) is 5.75 Å². The molecule has 0 aromatic carbocycles. The van der Waals surface area contributed by atoms with Crippen molar-refractivity contribution in [3.63, 3.8) is 0 Å². The van der Waals surface area contributed by atoms with Crippen LogP contribution in [0.2, 0.25) is 0 Å². The Kier molecular flexibility index (Phi) is 5.35. The molecule has 1 aromatic rings. The van der Waals surface area contributed by atoms with Crippen LogP contribution in [0.4, 0.5) is 0 Å². The highest BCUT2D eigenvalue weighted by atomic mass is 16.5. The number of rotatable bonds is 5. The van der Waals surface area contributed by atoms with Crippen molar-refractivity contribution in [1.82, 2.24) is 9.47 Å². The van der Waals surface area contributed by atoms with Gasteiger partial charge >= 0.3 is 0 Å². The van der Waals surface area contributed by atoms with Gasteiger partial charge in [0.1, 0.15) is 6.54 Å². The highest BCUT2D eigenvalue weighted by molar-refractivity contribution is 5.76. The fourth-order valence-electron chi connectivity index (χ4n) is 2.04. The standard InChI is InChI=1S/C14H17N3O4/c15-4-6-17-5-1-2-12(14(17)19)21-9-3-13(18)16-7-10-20-11-8-16/h1-2,5H,3,6-11H2. The Morgan fingerprint density at radius 1 is 1.43 bits per heavy atom. The summed E-state index contributed by atoms with van der Waals surface area (Å²) >= 11 is 0. The molecule has 1 aliphatic heterocycles. The van der Waals surface area contributed by atoms with Gasteiger partial charge in [-0.25, -0.2) is 0 Å². The van der Waals surface area contributed by atoms with Crippen molar-refractivity contribution < 1.29 is 14.3 Å². The number of ether oxygens (including phenoxy) is 2. The van der Waals surface area contributed by atoms with Gasteiger partial charge in [0.2, 0.25) is 5.91 Å². The Morgan fingerprint density at radius 3 is 2.90 bits per heavy atom. The predicted molar refractivity (Wildman–Crippen MR) is 73.8 cm³/mol. The highest BCUT2D eigenvalue weighted by Crippen LogP contribution is 2.04. The summed E-state index contributed by atoms with van der Waals surface area (Å²) in [5.74, 6) is 0.147. The minimum atomic E-state index is -0.363. The van der Waals surface area contributed by atoms with Crippen LogP contribution in [-0.2, 0) is 16.1 Å². The lowest BCUT2D eigenvalue weighted by Gasteiger charge is -2.26. The number of pyridine rings is 1. The van der Waals surface area contributed by atoms with Gasteiger partial charge in [-0.1, -0.05) is 0 Å². The van der Waals surface area contributed by atoms with Gasteiger partial charge in [-0.05, 0) is 12.1 Å². The van der Waals surface area contributed by atoms with Gasteiger partial charge in [-0.15, -0.1) is 0 Å². The van der Waals surface area contributed by atoms with E-state index in [9.17, 15) is 9.59 Å². The molecule has 0 aliphatic carbocycles. The summed E-state index contributed by atoms with van der Waals surface area (Å²) < 4.78 is 11.8. The number of morpholine rings is 1. The fraction of sp³-hybridized carbons (Fsp3) is 0.500. The second-order valence-electron chi connectivity index (χ2n) is 4.56. The SMILES string of the molecule is N#CCn1cccc(OCCC(=O)N2CCOCC2)c1=O. The van der Waals surface area contributed by atoms with E-state index in [1.165, 1.54) is 16.8 Å². The van der Waals surface area contributed by atoms with Crippen LogP contribution in [0.25, 0.3) is 0 Å². The minimum absolute atomic E-state index is 0.00779. The van der Waals surface area contributed by atoms with Crippen molar-refractivity contribution in [2.24, 2.45) is 0 Å². The maximum Gasteiger partial charge on any atom is 0.293 e. The molecule has 0 saturated carbocycles. The van der Waals surface area contributed by atoms with Crippen molar-refractivity contribution in [3.8, 4) is 11.8 Å². The van der Waals surface area contributed by atoms with E-state index in [0.717, 1.165) is 0 Å². The Balaban J connectivity index is 1.86. The molecule has 2 rings (SSSR count). The lowest BCUT2D eigenvalue weighted by Crippen LogP contribution is -2.41. The molecule has 0 bridgehead atoms. The van der Waals surface area contributed by atoms with Gasteiger partial charge in [-0.3, -0.25) is 14.2 Å². The van der Waals surface area contributed by atoms with Gasteiger partial charge in [0.25, 0.3) is 5.56 Å². The molecule has 0 N–H and O–H groups in total. The molecular formula is C14H17N3O4. The molecule has 1 amide bonds. The molecule has 7 heteroatoms. The molecule has 7 nitrogen and oxygen atoms in total. The highest BCUT2D eigenvalue weighted by Gasteiger charge is 2.16. The number of carbonyl (C=O) groups excluding carboxylic acids is 1. The van der Waals surface area contributed by atoms with E-state index >= 15 is 0 Å². The van der Waals surface area contributed by atoms with E-state index < -0.39 is 0 Å². The average molecular weight is 291 g/mol. The first-order valence-corrected chi connectivity index (χ1v) is 6.77. The molecule has 21 heavy (non-hydrogen) atoms. The zero-order chi connectivity index (χ0) is 15.1. The van der Waals surface area contributed by atoms with Crippen LogP contribution in [-0.4, -0.2) is 48.3 Å². The largest absolute Gasteiger partial charge is 0.487 e. The number of hydrogen-bond donors (Lipinski definition) is 0. The van der Waals surface area contributed by atoms with Crippen molar-refractivity contribution in [3.05, 3.63) is 28.7 Å². The molecule has 1 saturated heterocycles. The summed E-state index contributed by atoms with van der Waals surface area (Å²) in [6.45, 7) is 2.43. The van der Waals surface area contributed by atoms with Crippen LogP contribution in [0.15, 0.2) is 23.1 Å². The maximum atomic E-state index is 11.9. The summed E-state index contributed by atoms with van der Waals surface area (Å²) in [6, 6.07) is 5.08. The van der Waals surface area contributed by atoms with E-state index in [-0.39, 0.29) is 36.8 Å². The Bertz CT molecular complexity index is 585. The maximum absolute atomic E-state index is 11.9. The molecule has 0 spiro atoms. The fourth-order valence-corrected chi connectivity index (χ4v) is 2.04. The third kappa shape index (κ3) is 4.07. The first-order chi connectivity index (χ1) is 10.2. The van der Waals surface area contributed by atoms with Gasteiger partial charge in [0, 0.05) is 19.3 Å². The average Bonchev–Trinajstić information content (AvgIpc) is 2.52. The normalized spacial score (nSPS) is 14.5. The molecule has 0 radical (unpaired) electrons. The third-order valence-corrected chi connectivity index (χ3v) is 3.16. The summed E-state index contributed by atoms with van der Waals surface area (Å²) in [5.41, 5.74) is -0.363. The van der Waals surface area contributed by atoms with Crippen LogP contribution in [0.1, 0.15) is 6.42 Å². The summed E-state index contributed by atoms with van der Waals surface area (Å²) in [4.78, 5) is 25.5. The monoisotopic (exact) mass is 291 g/mol. The zero-order valence-corrected chi connectivity index (χ0v) is 11.7. The third-order valence-electron chi connectivity index (χ3n) is 3.16. The first-order valence-electron chi connectivity index (χ1n) is 6.77. The quantitative estimate of drug-likeness (QED) is 0.762. The summed E-state index contributed by atoms with van der Waals surface area (Å²) in [5, 5.41) is 8.62. The van der Waals surface area contributed by atoms with Crippen LogP contribution >= 0.6 is 0 Å². The van der Waals surface area contributed by atoms with Crippen molar-refractivity contribution in [1.29, 1.82) is 5.26 Å².